The highest BCUT2D eigenvalue weighted by atomic mass is 16.4. The van der Waals surface area contributed by atoms with Crippen molar-refractivity contribution in [1.82, 2.24) is 5.32 Å². The van der Waals surface area contributed by atoms with Crippen LogP contribution in [0.25, 0.3) is 21.9 Å². The van der Waals surface area contributed by atoms with Crippen LogP contribution >= 0.6 is 0 Å². The van der Waals surface area contributed by atoms with Crippen molar-refractivity contribution in [2.45, 2.75) is 45.1 Å². The molecule has 4 nitrogen and oxygen atoms in total. The summed E-state index contributed by atoms with van der Waals surface area (Å²) in [6.07, 6.45) is 0.969. The van der Waals surface area contributed by atoms with E-state index in [0.29, 0.717) is 0 Å². The minimum Gasteiger partial charge on any atom is -0.481 e. The predicted octanol–water partition coefficient (Wildman–Crippen LogP) is 6.84. The number of rotatable bonds is 10. The van der Waals surface area contributed by atoms with Crippen molar-refractivity contribution in [3.63, 3.8) is 0 Å². The Morgan fingerprint density at radius 1 is 0.750 bits per heavy atom. The summed E-state index contributed by atoms with van der Waals surface area (Å²) in [5, 5.41) is 14.6. The third-order valence-corrected chi connectivity index (χ3v) is 6.76. The van der Waals surface area contributed by atoms with Gasteiger partial charge in [0.05, 0.1) is 0 Å². The number of benzene rings is 4. The van der Waals surface area contributed by atoms with Crippen molar-refractivity contribution in [2.24, 2.45) is 5.92 Å². The molecule has 0 heterocycles. The van der Waals surface area contributed by atoms with Crippen molar-refractivity contribution >= 4 is 22.6 Å². The molecule has 4 aromatic rings. The topological polar surface area (TPSA) is 66.4 Å². The Hall–Kier alpha value is -3.92. The average Bonchev–Trinajstić information content (AvgIpc) is 2.87. The van der Waals surface area contributed by atoms with E-state index in [2.05, 4.69) is 72.0 Å². The van der Waals surface area contributed by atoms with E-state index < -0.39 is 5.97 Å². The number of amides is 1. The van der Waals surface area contributed by atoms with Gasteiger partial charge in [0.15, 0.2) is 0 Å². The second kappa shape index (κ2) is 11.7. The fraction of sp³-hybridized carbons (Fsp3) is 0.250. The first-order chi connectivity index (χ1) is 17.4. The number of nitrogens with one attached hydrogen (secondary N) is 1. The molecule has 0 aliphatic carbocycles. The van der Waals surface area contributed by atoms with E-state index in [1.165, 1.54) is 21.9 Å². The summed E-state index contributed by atoms with van der Waals surface area (Å²) >= 11 is 0. The van der Waals surface area contributed by atoms with Crippen LogP contribution in [-0.2, 0) is 16.0 Å². The number of hydrogen-bond acceptors (Lipinski definition) is 2. The normalized spacial score (nSPS) is 13.6. The summed E-state index contributed by atoms with van der Waals surface area (Å²) in [6, 6.07) is 33.6. The minimum absolute atomic E-state index is 0.0106. The molecule has 3 atom stereocenters. The molecule has 1 amide bonds. The Labute approximate surface area is 213 Å². The van der Waals surface area contributed by atoms with Crippen molar-refractivity contribution in [1.29, 1.82) is 0 Å². The van der Waals surface area contributed by atoms with Crippen molar-refractivity contribution in [2.75, 3.05) is 0 Å². The molecule has 0 aromatic heterocycles. The number of carbonyl (C=O) groups is 2. The Bertz CT molecular complexity index is 1310. The highest BCUT2D eigenvalue weighted by Crippen LogP contribution is 2.29. The molecule has 4 rings (SSSR count). The van der Waals surface area contributed by atoms with E-state index in [-0.39, 0.29) is 36.6 Å². The third kappa shape index (κ3) is 6.60. The lowest BCUT2D eigenvalue weighted by Crippen LogP contribution is -2.38. The van der Waals surface area contributed by atoms with Gasteiger partial charge in [-0.15, -0.1) is 0 Å². The maximum Gasteiger partial charge on any atom is 0.303 e. The molecule has 0 aliphatic heterocycles. The quantitative estimate of drug-likeness (QED) is 0.262. The number of carbonyl (C=O) groups excluding carboxylic acids is 1. The molecule has 0 radical (unpaired) electrons. The van der Waals surface area contributed by atoms with E-state index in [1.54, 1.807) is 6.92 Å². The molecular formula is C32H33NO3. The van der Waals surface area contributed by atoms with Gasteiger partial charge in [0.1, 0.15) is 0 Å². The Balaban J connectivity index is 1.57. The molecular weight excluding hydrogens is 446 g/mol. The summed E-state index contributed by atoms with van der Waals surface area (Å²) in [5.41, 5.74) is 4.70. The Kier molecular flexibility index (Phi) is 8.17. The zero-order valence-corrected chi connectivity index (χ0v) is 20.9. The molecule has 4 aromatic carbocycles. The van der Waals surface area contributed by atoms with Crippen molar-refractivity contribution in [3.8, 4) is 11.1 Å². The van der Waals surface area contributed by atoms with Gasteiger partial charge < -0.3 is 10.4 Å². The largest absolute Gasteiger partial charge is 0.481 e. The fourth-order valence-corrected chi connectivity index (χ4v) is 4.86. The van der Waals surface area contributed by atoms with E-state index in [9.17, 15) is 9.59 Å². The molecule has 0 saturated heterocycles. The van der Waals surface area contributed by atoms with Crippen LogP contribution in [0.2, 0.25) is 0 Å². The van der Waals surface area contributed by atoms with Gasteiger partial charge >= 0.3 is 5.97 Å². The summed E-state index contributed by atoms with van der Waals surface area (Å²) < 4.78 is 0. The van der Waals surface area contributed by atoms with Gasteiger partial charge in [-0.2, -0.15) is 0 Å². The molecule has 0 aliphatic rings. The average molecular weight is 480 g/mol. The maximum atomic E-state index is 12.7. The van der Waals surface area contributed by atoms with Crippen LogP contribution in [0.15, 0.2) is 97.1 Å². The zero-order valence-electron chi connectivity index (χ0n) is 20.9. The van der Waals surface area contributed by atoms with Gasteiger partial charge in [0, 0.05) is 24.8 Å². The Morgan fingerprint density at radius 3 is 2.08 bits per heavy atom. The van der Waals surface area contributed by atoms with Gasteiger partial charge in [0.2, 0.25) is 5.91 Å². The zero-order chi connectivity index (χ0) is 25.5. The molecule has 0 saturated carbocycles. The first-order valence-electron chi connectivity index (χ1n) is 12.5. The number of fused-ring (bicyclic) bond motifs is 1. The van der Waals surface area contributed by atoms with E-state index >= 15 is 0 Å². The van der Waals surface area contributed by atoms with Gasteiger partial charge in [-0.1, -0.05) is 104 Å². The molecule has 2 N–H and O–H groups in total. The fourth-order valence-electron chi connectivity index (χ4n) is 4.86. The summed E-state index contributed by atoms with van der Waals surface area (Å²) in [6.45, 7) is 3.84. The molecule has 4 heteroatoms. The SMILES string of the molecule is CC(CC(=O)O)CC(=O)NC(C)C(Cc1ccc2ccccc2c1)c1ccc(-c2ccccc2)cc1. The second-order valence-corrected chi connectivity index (χ2v) is 9.74. The number of carboxylic acids is 1. The van der Waals surface area contributed by atoms with Crippen LogP contribution in [0.3, 0.4) is 0 Å². The van der Waals surface area contributed by atoms with Gasteiger partial charge in [0.25, 0.3) is 0 Å². The lowest BCUT2D eigenvalue weighted by atomic mass is 9.85. The highest BCUT2D eigenvalue weighted by Gasteiger charge is 2.23. The van der Waals surface area contributed by atoms with E-state index in [0.717, 1.165) is 17.5 Å². The predicted molar refractivity (Wildman–Crippen MR) is 146 cm³/mol. The molecule has 0 bridgehead atoms. The van der Waals surface area contributed by atoms with Crippen molar-refractivity contribution in [3.05, 3.63) is 108 Å². The third-order valence-electron chi connectivity index (χ3n) is 6.76. The van der Waals surface area contributed by atoms with Crippen molar-refractivity contribution < 1.29 is 14.7 Å². The number of aliphatic carboxylic acids is 1. The standard InChI is InChI=1S/C32H33NO3/c1-22(19-32(35)36)18-31(34)33-23(2)30(21-24-12-13-26-10-6-7-11-29(26)20-24)28-16-14-27(15-17-28)25-8-4-3-5-9-25/h3-17,20,22-23,30H,18-19,21H2,1-2H3,(H,33,34)(H,35,36). The molecule has 0 fully saturated rings. The first kappa shape index (κ1) is 25.2. The van der Waals surface area contributed by atoms with Gasteiger partial charge in [-0.3, -0.25) is 9.59 Å². The van der Waals surface area contributed by atoms with E-state index in [4.69, 9.17) is 5.11 Å². The smallest absolute Gasteiger partial charge is 0.303 e. The summed E-state index contributed by atoms with van der Waals surface area (Å²) in [4.78, 5) is 23.7. The molecule has 36 heavy (non-hydrogen) atoms. The summed E-state index contributed by atoms with van der Waals surface area (Å²) in [7, 11) is 0. The molecule has 184 valence electrons. The maximum absolute atomic E-state index is 12.7. The van der Waals surface area contributed by atoms with Gasteiger partial charge in [-0.25, -0.2) is 0 Å². The summed E-state index contributed by atoms with van der Waals surface area (Å²) in [5.74, 6) is -1.13. The lowest BCUT2D eigenvalue weighted by molar-refractivity contribution is -0.138. The van der Waals surface area contributed by atoms with Crippen LogP contribution in [0, 0.1) is 5.92 Å². The number of carboxylic acid groups (broad SMARTS) is 1. The minimum atomic E-state index is -0.879. The van der Waals surface area contributed by atoms with Crippen LogP contribution in [-0.4, -0.2) is 23.0 Å². The number of hydrogen-bond donors (Lipinski definition) is 2. The van der Waals surface area contributed by atoms with Crippen LogP contribution < -0.4 is 5.32 Å². The van der Waals surface area contributed by atoms with Gasteiger partial charge in [-0.05, 0) is 52.3 Å². The van der Waals surface area contributed by atoms with Crippen LogP contribution in [0.4, 0.5) is 0 Å². The molecule has 0 spiro atoms. The molecule has 3 unspecified atom stereocenters. The highest BCUT2D eigenvalue weighted by molar-refractivity contribution is 5.83. The van der Waals surface area contributed by atoms with E-state index in [1.807, 2.05) is 37.3 Å². The lowest BCUT2D eigenvalue weighted by Gasteiger charge is -2.27. The van der Waals surface area contributed by atoms with Crippen LogP contribution in [0.1, 0.15) is 43.7 Å². The Morgan fingerprint density at radius 2 is 1.39 bits per heavy atom. The first-order valence-corrected chi connectivity index (χ1v) is 12.5. The monoisotopic (exact) mass is 479 g/mol. The second-order valence-electron chi connectivity index (χ2n) is 9.74. The van der Waals surface area contributed by atoms with Crippen LogP contribution in [0.5, 0.6) is 0 Å².